The monoisotopic (exact) mass is 324 g/mol. The number of hydrogen-bond donors (Lipinski definition) is 0. The van der Waals surface area contributed by atoms with E-state index in [0.29, 0.717) is 19.5 Å². The van der Waals surface area contributed by atoms with Crippen molar-refractivity contribution in [1.82, 2.24) is 39.4 Å². The van der Waals surface area contributed by atoms with Crippen molar-refractivity contribution in [3.8, 4) is 11.3 Å². The Kier molecular flexibility index (Phi) is 3.33. The van der Waals surface area contributed by atoms with Crippen LogP contribution in [0.25, 0.3) is 11.3 Å². The minimum absolute atomic E-state index is 0.178. The number of carbonyl (C=O) groups excluding carboxylic acids is 1. The van der Waals surface area contributed by atoms with E-state index in [4.69, 9.17) is 0 Å². The van der Waals surface area contributed by atoms with E-state index in [1.54, 1.807) is 29.2 Å². The van der Waals surface area contributed by atoms with E-state index in [2.05, 4.69) is 25.1 Å². The molecule has 4 rings (SSSR count). The van der Waals surface area contributed by atoms with Gasteiger partial charge in [0.1, 0.15) is 12.7 Å². The van der Waals surface area contributed by atoms with Crippen molar-refractivity contribution in [2.45, 2.75) is 13.0 Å². The van der Waals surface area contributed by atoms with Crippen LogP contribution in [0, 0.1) is 0 Å². The number of hydrogen-bond acceptors (Lipinski definition) is 6. The summed E-state index contributed by atoms with van der Waals surface area (Å²) in [6, 6.07) is 0. The molecule has 3 aromatic heterocycles. The zero-order valence-corrected chi connectivity index (χ0v) is 13.4. The highest BCUT2D eigenvalue weighted by Crippen LogP contribution is 2.27. The van der Waals surface area contributed by atoms with E-state index in [0.717, 1.165) is 22.5 Å². The molecule has 0 bridgehead atoms. The van der Waals surface area contributed by atoms with E-state index >= 15 is 0 Å². The normalized spacial score (nSPS) is 13.8. The van der Waals surface area contributed by atoms with Crippen molar-refractivity contribution in [3.05, 3.63) is 42.1 Å². The molecule has 0 atom stereocenters. The van der Waals surface area contributed by atoms with Gasteiger partial charge in [0, 0.05) is 44.4 Å². The van der Waals surface area contributed by atoms with Crippen LogP contribution in [-0.4, -0.2) is 51.9 Å². The number of rotatable bonds is 2. The highest BCUT2D eigenvalue weighted by atomic mass is 16.2. The van der Waals surface area contributed by atoms with E-state index in [1.807, 2.05) is 13.2 Å². The second-order valence-electron chi connectivity index (χ2n) is 5.77. The quantitative estimate of drug-likeness (QED) is 0.668. The van der Waals surface area contributed by atoms with Crippen molar-refractivity contribution < 1.29 is 4.79 Å². The van der Waals surface area contributed by atoms with Crippen LogP contribution >= 0.6 is 0 Å². The Bertz CT molecular complexity index is 912. The second-order valence-corrected chi connectivity index (χ2v) is 5.77. The Balaban J connectivity index is 1.68. The van der Waals surface area contributed by atoms with Crippen LogP contribution in [0.2, 0.25) is 0 Å². The van der Waals surface area contributed by atoms with Gasteiger partial charge in [-0.1, -0.05) is 0 Å². The summed E-state index contributed by atoms with van der Waals surface area (Å²) >= 11 is 0. The third-order valence-corrected chi connectivity index (χ3v) is 4.06. The lowest BCUT2D eigenvalue weighted by Gasteiger charge is -2.28. The van der Waals surface area contributed by atoms with Gasteiger partial charge in [-0.3, -0.25) is 14.2 Å². The number of nitrogens with zero attached hydrogens (tertiary/aromatic N) is 8. The topological polar surface area (TPSA) is 94.6 Å². The van der Waals surface area contributed by atoms with Gasteiger partial charge in [0.15, 0.2) is 0 Å². The molecule has 9 nitrogen and oxygen atoms in total. The van der Waals surface area contributed by atoms with Gasteiger partial charge in [0.05, 0.1) is 24.1 Å². The molecule has 0 saturated heterocycles. The maximum Gasteiger partial charge on any atom is 0.293 e. The van der Waals surface area contributed by atoms with Crippen LogP contribution in [0.1, 0.15) is 21.9 Å². The minimum Gasteiger partial charge on any atom is -0.331 e. The summed E-state index contributed by atoms with van der Waals surface area (Å²) in [5, 5.41) is 8.29. The Morgan fingerprint density at radius 3 is 2.75 bits per heavy atom. The maximum absolute atomic E-state index is 12.6. The summed E-state index contributed by atoms with van der Waals surface area (Å²) in [5.74, 6) is 0.0305. The maximum atomic E-state index is 12.6. The molecule has 4 heterocycles. The molecule has 3 aromatic rings. The van der Waals surface area contributed by atoms with Gasteiger partial charge >= 0.3 is 0 Å². The average molecular weight is 324 g/mol. The van der Waals surface area contributed by atoms with Crippen LogP contribution in [-0.2, 0) is 27.1 Å². The molecule has 0 radical (unpaired) electrons. The van der Waals surface area contributed by atoms with Gasteiger partial charge in [-0.15, -0.1) is 5.10 Å². The fraction of sp³-hybridized carbons (Fsp3) is 0.333. The summed E-state index contributed by atoms with van der Waals surface area (Å²) in [6.45, 7) is 1.03. The fourth-order valence-corrected chi connectivity index (χ4v) is 2.89. The summed E-state index contributed by atoms with van der Waals surface area (Å²) < 4.78 is 3.25. The molecule has 0 N–H and O–H groups in total. The summed E-state index contributed by atoms with van der Waals surface area (Å²) in [6.07, 6.45) is 7.45. The molecular weight excluding hydrogens is 308 g/mol. The lowest BCUT2D eigenvalue weighted by atomic mass is 10.0. The van der Waals surface area contributed by atoms with Crippen molar-refractivity contribution >= 4 is 5.91 Å². The van der Waals surface area contributed by atoms with Crippen LogP contribution in [0.4, 0.5) is 0 Å². The zero-order valence-electron chi connectivity index (χ0n) is 13.4. The van der Waals surface area contributed by atoms with E-state index in [1.165, 1.54) is 11.0 Å². The lowest BCUT2D eigenvalue weighted by molar-refractivity contribution is 0.0721. The Labute approximate surface area is 138 Å². The summed E-state index contributed by atoms with van der Waals surface area (Å²) in [5.41, 5.74) is 3.67. The molecule has 0 aliphatic carbocycles. The number of aromatic nitrogens is 7. The highest BCUT2D eigenvalue weighted by Gasteiger charge is 2.27. The highest BCUT2D eigenvalue weighted by molar-refractivity contribution is 5.90. The van der Waals surface area contributed by atoms with Crippen molar-refractivity contribution in [2.75, 3.05) is 6.54 Å². The second kappa shape index (κ2) is 5.52. The van der Waals surface area contributed by atoms with E-state index in [9.17, 15) is 4.79 Å². The third-order valence-electron chi connectivity index (χ3n) is 4.06. The smallest absolute Gasteiger partial charge is 0.293 e. The molecule has 1 amide bonds. The van der Waals surface area contributed by atoms with Gasteiger partial charge in [-0.25, -0.2) is 15.0 Å². The van der Waals surface area contributed by atoms with Gasteiger partial charge < -0.3 is 4.90 Å². The molecule has 1 aliphatic heterocycles. The van der Waals surface area contributed by atoms with E-state index in [-0.39, 0.29) is 11.7 Å². The van der Waals surface area contributed by atoms with E-state index < -0.39 is 0 Å². The van der Waals surface area contributed by atoms with Gasteiger partial charge in [-0.2, -0.15) is 5.10 Å². The average Bonchev–Trinajstić information content (AvgIpc) is 3.21. The number of aryl methyl sites for hydroxylation is 2. The van der Waals surface area contributed by atoms with Crippen LogP contribution in [0.5, 0.6) is 0 Å². The Hall–Kier alpha value is -3.10. The van der Waals surface area contributed by atoms with Crippen LogP contribution < -0.4 is 0 Å². The molecule has 0 unspecified atom stereocenters. The Morgan fingerprint density at radius 2 is 2.04 bits per heavy atom. The molecule has 0 aromatic carbocycles. The molecule has 0 spiro atoms. The Morgan fingerprint density at radius 1 is 1.17 bits per heavy atom. The molecule has 122 valence electrons. The standard InChI is InChI=1S/C15H16N8O/c1-21-6-10(5-19-21)13-11-7-23(4-3-12(11)16-8-17-13)15(24)14-18-9-22(2)20-14/h5-6,8-9H,3-4,7H2,1-2H3. The molecule has 0 saturated carbocycles. The third kappa shape index (κ3) is 2.43. The SMILES string of the molecule is Cn1cc(-c2ncnc3c2CN(C(=O)c2ncn(C)n2)CC3)cn1. The summed E-state index contributed by atoms with van der Waals surface area (Å²) in [7, 11) is 3.60. The first-order chi connectivity index (χ1) is 11.6. The molecule has 9 heteroatoms. The van der Waals surface area contributed by atoms with Crippen LogP contribution in [0.15, 0.2) is 25.0 Å². The first kappa shape index (κ1) is 14.5. The number of amides is 1. The lowest BCUT2D eigenvalue weighted by Crippen LogP contribution is -2.37. The number of carbonyl (C=O) groups is 1. The zero-order chi connectivity index (χ0) is 16.7. The fourth-order valence-electron chi connectivity index (χ4n) is 2.89. The largest absolute Gasteiger partial charge is 0.331 e. The van der Waals surface area contributed by atoms with Gasteiger partial charge in [0.2, 0.25) is 5.82 Å². The number of fused-ring (bicyclic) bond motifs is 1. The molecule has 1 aliphatic rings. The van der Waals surface area contributed by atoms with Crippen molar-refractivity contribution in [3.63, 3.8) is 0 Å². The predicted molar refractivity (Wildman–Crippen MR) is 83.7 cm³/mol. The first-order valence-corrected chi connectivity index (χ1v) is 7.58. The van der Waals surface area contributed by atoms with Crippen molar-refractivity contribution in [2.24, 2.45) is 14.1 Å². The molecular formula is C15H16N8O. The summed E-state index contributed by atoms with van der Waals surface area (Å²) in [4.78, 5) is 27.2. The van der Waals surface area contributed by atoms with Gasteiger partial charge in [-0.05, 0) is 0 Å². The predicted octanol–water partition coefficient (Wildman–Crippen LogP) is 0.204. The molecule has 24 heavy (non-hydrogen) atoms. The minimum atomic E-state index is -0.178. The van der Waals surface area contributed by atoms with Crippen molar-refractivity contribution in [1.29, 1.82) is 0 Å². The van der Waals surface area contributed by atoms with Crippen LogP contribution in [0.3, 0.4) is 0 Å². The van der Waals surface area contributed by atoms with Gasteiger partial charge in [0.25, 0.3) is 5.91 Å². The molecule has 0 fully saturated rings. The first-order valence-electron chi connectivity index (χ1n) is 7.58.